The van der Waals surface area contributed by atoms with Gasteiger partial charge in [-0.1, -0.05) is 13.8 Å². The van der Waals surface area contributed by atoms with Crippen LogP contribution in [0.4, 0.5) is 0 Å². The molecule has 0 aliphatic carbocycles. The third kappa shape index (κ3) is 2.82. The van der Waals surface area contributed by atoms with E-state index in [-0.39, 0.29) is 18.3 Å². The zero-order chi connectivity index (χ0) is 14.0. The van der Waals surface area contributed by atoms with Crippen molar-refractivity contribution in [2.45, 2.75) is 25.2 Å². The van der Waals surface area contributed by atoms with E-state index in [1.165, 1.54) is 0 Å². The molecule has 0 aliphatic heterocycles. The SMILES string of the molecule is CCS(=O)(=O)c1ccc2[nH]cc(CC(C)CO)c2c1. The van der Waals surface area contributed by atoms with Crippen molar-refractivity contribution in [2.75, 3.05) is 12.4 Å². The van der Waals surface area contributed by atoms with Gasteiger partial charge in [0.2, 0.25) is 0 Å². The Hall–Kier alpha value is -1.33. The lowest BCUT2D eigenvalue weighted by Gasteiger charge is -2.07. The Morgan fingerprint density at radius 3 is 2.74 bits per heavy atom. The van der Waals surface area contributed by atoms with Crippen LogP contribution in [0.25, 0.3) is 10.9 Å². The summed E-state index contributed by atoms with van der Waals surface area (Å²) < 4.78 is 23.8. The van der Waals surface area contributed by atoms with E-state index < -0.39 is 9.84 Å². The number of H-pyrrole nitrogens is 1. The number of aliphatic hydroxyl groups is 1. The van der Waals surface area contributed by atoms with E-state index in [4.69, 9.17) is 5.11 Å². The predicted molar refractivity (Wildman–Crippen MR) is 76.0 cm³/mol. The molecule has 0 radical (unpaired) electrons. The maximum Gasteiger partial charge on any atom is 0.178 e. The van der Waals surface area contributed by atoms with E-state index in [0.29, 0.717) is 4.90 Å². The van der Waals surface area contributed by atoms with Crippen molar-refractivity contribution in [3.63, 3.8) is 0 Å². The maximum atomic E-state index is 11.9. The molecule has 5 heteroatoms. The molecule has 104 valence electrons. The van der Waals surface area contributed by atoms with Crippen LogP contribution in [0.15, 0.2) is 29.3 Å². The number of benzene rings is 1. The Kier molecular flexibility index (Phi) is 3.96. The van der Waals surface area contributed by atoms with Gasteiger partial charge >= 0.3 is 0 Å². The van der Waals surface area contributed by atoms with Gasteiger partial charge in [-0.15, -0.1) is 0 Å². The first-order chi connectivity index (χ1) is 8.97. The third-order valence-electron chi connectivity index (χ3n) is 3.36. The number of aromatic amines is 1. The highest BCUT2D eigenvalue weighted by molar-refractivity contribution is 7.91. The zero-order valence-electron chi connectivity index (χ0n) is 11.2. The van der Waals surface area contributed by atoms with Crippen LogP contribution < -0.4 is 0 Å². The summed E-state index contributed by atoms with van der Waals surface area (Å²) in [5.41, 5.74) is 1.97. The van der Waals surface area contributed by atoms with Gasteiger partial charge in [0.1, 0.15) is 0 Å². The van der Waals surface area contributed by atoms with Crippen LogP contribution in [-0.2, 0) is 16.3 Å². The second kappa shape index (κ2) is 5.35. The molecule has 1 atom stereocenters. The monoisotopic (exact) mass is 281 g/mol. The van der Waals surface area contributed by atoms with Crippen molar-refractivity contribution in [1.29, 1.82) is 0 Å². The van der Waals surface area contributed by atoms with E-state index in [1.807, 2.05) is 13.1 Å². The second-order valence-corrected chi connectivity index (χ2v) is 7.19. The lowest BCUT2D eigenvalue weighted by molar-refractivity contribution is 0.237. The largest absolute Gasteiger partial charge is 0.396 e. The minimum absolute atomic E-state index is 0.102. The first kappa shape index (κ1) is 14.1. The molecule has 0 aliphatic rings. The van der Waals surface area contributed by atoms with Gasteiger partial charge in [0, 0.05) is 23.7 Å². The van der Waals surface area contributed by atoms with Gasteiger partial charge in [-0.25, -0.2) is 8.42 Å². The van der Waals surface area contributed by atoms with Gasteiger partial charge in [-0.3, -0.25) is 0 Å². The fraction of sp³-hybridized carbons (Fsp3) is 0.429. The first-order valence-electron chi connectivity index (χ1n) is 6.41. The van der Waals surface area contributed by atoms with E-state index in [9.17, 15) is 8.42 Å². The first-order valence-corrected chi connectivity index (χ1v) is 8.06. The van der Waals surface area contributed by atoms with Gasteiger partial charge in [-0.2, -0.15) is 0 Å². The minimum Gasteiger partial charge on any atom is -0.396 e. The summed E-state index contributed by atoms with van der Waals surface area (Å²) in [5, 5.41) is 10.0. The summed E-state index contributed by atoms with van der Waals surface area (Å²) in [6.45, 7) is 3.73. The molecule has 2 N–H and O–H groups in total. The Morgan fingerprint density at radius 2 is 2.11 bits per heavy atom. The van der Waals surface area contributed by atoms with Gasteiger partial charge in [0.05, 0.1) is 10.6 Å². The summed E-state index contributed by atoms with van der Waals surface area (Å²) in [5.74, 6) is 0.260. The molecular formula is C14H19NO3S. The molecule has 0 spiro atoms. The number of rotatable bonds is 5. The Balaban J connectivity index is 2.49. The van der Waals surface area contributed by atoms with Gasteiger partial charge < -0.3 is 10.1 Å². The lowest BCUT2D eigenvalue weighted by Crippen LogP contribution is -2.05. The zero-order valence-corrected chi connectivity index (χ0v) is 12.0. The molecule has 19 heavy (non-hydrogen) atoms. The van der Waals surface area contributed by atoms with Crippen molar-refractivity contribution in [1.82, 2.24) is 4.98 Å². The highest BCUT2D eigenvalue weighted by Crippen LogP contribution is 2.24. The second-order valence-electron chi connectivity index (χ2n) is 4.92. The maximum absolute atomic E-state index is 11.9. The van der Waals surface area contributed by atoms with E-state index in [0.717, 1.165) is 22.9 Å². The standard InChI is InChI=1S/C14H19NO3S/c1-3-19(17,18)12-4-5-14-13(7-12)11(8-15-14)6-10(2)9-16/h4-5,7-8,10,15-16H,3,6,9H2,1-2H3. The van der Waals surface area contributed by atoms with Gasteiger partial charge in [0.15, 0.2) is 9.84 Å². The van der Waals surface area contributed by atoms with Crippen LogP contribution in [-0.4, -0.2) is 30.9 Å². The number of sulfone groups is 1. The van der Waals surface area contributed by atoms with Crippen molar-refractivity contribution in [2.24, 2.45) is 5.92 Å². The molecule has 2 rings (SSSR count). The molecule has 1 aromatic carbocycles. The van der Waals surface area contributed by atoms with Crippen LogP contribution >= 0.6 is 0 Å². The molecule has 1 heterocycles. The van der Waals surface area contributed by atoms with Crippen LogP contribution in [0.2, 0.25) is 0 Å². The van der Waals surface area contributed by atoms with Crippen LogP contribution in [0.1, 0.15) is 19.4 Å². The Morgan fingerprint density at radius 1 is 1.37 bits per heavy atom. The van der Waals surface area contributed by atoms with Crippen molar-refractivity contribution in [3.05, 3.63) is 30.0 Å². The van der Waals surface area contributed by atoms with Gasteiger partial charge in [0.25, 0.3) is 0 Å². The van der Waals surface area contributed by atoms with Crippen LogP contribution in [0.5, 0.6) is 0 Å². The minimum atomic E-state index is -3.18. The highest BCUT2D eigenvalue weighted by Gasteiger charge is 2.14. The summed E-state index contributed by atoms with van der Waals surface area (Å²) in [4.78, 5) is 3.50. The Bertz CT molecular complexity index is 673. The lowest BCUT2D eigenvalue weighted by atomic mass is 10.0. The average molecular weight is 281 g/mol. The van der Waals surface area contributed by atoms with Crippen molar-refractivity contribution in [3.8, 4) is 0 Å². The normalized spacial score (nSPS) is 13.8. The molecule has 0 saturated heterocycles. The molecular weight excluding hydrogens is 262 g/mol. The summed E-state index contributed by atoms with van der Waals surface area (Å²) in [6.07, 6.45) is 2.62. The third-order valence-corrected chi connectivity index (χ3v) is 5.09. The van der Waals surface area contributed by atoms with Crippen LogP contribution in [0, 0.1) is 5.92 Å². The molecule has 0 bridgehead atoms. The average Bonchev–Trinajstić information content (AvgIpc) is 2.81. The van der Waals surface area contributed by atoms with E-state index in [2.05, 4.69) is 4.98 Å². The molecule has 2 aromatic rings. The number of hydrogen-bond donors (Lipinski definition) is 2. The fourth-order valence-electron chi connectivity index (χ4n) is 2.13. The van der Waals surface area contributed by atoms with Crippen molar-refractivity contribution < 1.29 is 13.5 Å². The molecule has 0 amide bonds. The number of hydrogen-bond acceptors (Lipinski definition) is 3. The Labute approximate surface area is 113 Å². The van der Waals surface area contributed by atoms with E-state index in [1.54, 1.807) is 25.1 Å². The topological polar surface area (TPSA) is 70.2 Å². The quantitative estimate of drug-likeness (QED) is 0.882. The summed E-state index contributed by atoms with van der Waals surface area (Å²) in [7, 11) is -3.18. The smallest absolute Gasteiger partial charge is 0.178 e. The van der Waals surface area contributed by atoms with Gasteiger partial charge in [-0.05, 0) is 36.1 Å². The van der Waals surface area contributed by atoms with Crippen molar-refractivity contribution >= 4 is 20.7 Å². The predicted octanol–water partition coefficient (Wildman–Crippen LogP) is 2.13. The number of fused-ring (bicyclic) bond motifs is 1. The molecule has 0 saturated carbocycles. The number of aromatic nitrogens is 1. The number of aliphatic hydroxyl groups excluding tert-OH is 1. The summed E-state index contributed by atoms with van der Waals surface area (Å²) >= 11 is 0. The molecule has 0 fully saturated rings. The van der Waals surface area contributed by atoms with Crippen LogP contribution in [0.3, 0.4) is 0 Å². The number of nitrogens with one attached hydrogen (secondary N) is 1. The summed E-state index contributed by atoms with van der Waals surface area (Å²) in [6, 6.07) is 5.16. The fourth-order valence-corrected chi connectivity index (χ4v) is 3.03. The van der Waals surface area contributed by atoms with E-state index >= 15 is 0 Å². The molecule has 1 unspecified atom stereocenters. The molecule has 1 aromatic heterocycles. The highest BCUT2D eigenvalue weighted by atomic mass is 32.2. The molecule has 4 nitrogen and oxygen atoms in total.